The van der Waals surface area contributed by atoms with Gasteiger partial charge in [-0.15, -0.1) is 0 Å². The number of aromatic nitrogens is 3. The number of carbonyl (C=O) groups excluding carboxylic acids is 1. The molecule has 2 heterocycles. The molecule has 3 aromatic rings. The third-order valence-electron chi connectivity index (χ3n) is 6.63. The molecule has 0 spiro atoms. The quantitative estimate of drug-likeness (QED) is 0.460. The standard InChI is InChI=1S/C26H34N4O3/c1-18-16-23(31)25(22(17-19-8-3-4-9-19)30(18)14-7-15-33-2)26(32)27-13-12-24-28-20-10-5-6-11-21(20)29-24/h5-6,10-11,16,19H,3-4,7-9,12-15,17H2,1-2H3,(H,27,32)(H,28,29). The number of rotatable bonds is 10. The highest BCUT2D eigenvalue weighted by Gasteiger charge is 2.24. The molecule has 33 heavy (non-hydrogen) atoms. The van der Waals surface area contributed by atoms with E-state index in [0.29, 0.717) is 31.1 Å². The van der Waals surface area contributed by atoms with Gasteiger partial charge in [0.15, 0.2) is 5.43 Å². The van der Waals surface area contributed by atoms with Crippen LogP contribution in [0.5, 0.6) is 0 Å². The molecule has 7 nitrogen and oxygen atoms in total. The molecule has 2 N–H and O–H groups in total. The van der Waals surface area contributed by atoms with E-state index in [0.717, 1.165) is 60.5 Å². The Morgan fingerprint density at radius 2 is 2.06 bits per heavy atom. The first-order chi connectivity index (χ1) is 16.1. The van der Waals surface area contributed by atoms with Crippen LogP contribution in [0.15, 0.2) is 35.1 Å². The summed E-state index contributed by atoms with van der Waals surface area (Å²) in [6, 6.07) is 9.46. The molecule has 7 heteroatoms. The van der Waals surface area contributed by atoms with E-state index in [2.05, 4.69) is 19.9 Å². The van der Waals surface area contributed by atoms with Crippen LogP contribution in [-0.2, 0) is 24.1 Å². The lowest BCUT2D eigenvalue weighted by Crippen LogP contribution is -2.34. The van der Waals surface area contributed by atoms with Crippen molar-refractivity contribution in [1.29, 1.82) is 0 Å². The number of hydrogen-bond acceptors (Lipinski definition) is 4. The van der Waals surface area contributed by atoms with Crippen LogP contribution < -0.4 is 10.7 Å². The maximum Gasteiger partial charge on any atom is 0.257 e. The number of H-pyrrole nitrogens is 1. The molecular weight excluding hydrogens is 416 g/mol. The van der Waals surface area contributed by atoms with E-state index in [1.54, 1.807) is 13.2 Å². The largest absolute Gasteiger partial charge is 0.385 e. The highest BCUT2D eigenvalue weighted by Crippen LogP contribution is 2.29. The molecule has 0 aliphatic heterocycles. The lowest BCUT2D eigenvalue weighted by Gasteiger charge is -2.22. The van der Waals surface area contributed by atoms with Crippen molar-refractivity contribution in [3.05, 3.63) is 63.3 Å². The number of hydrogen-bond donors (Lipinski definition) is 2. The molecule has 176 valence electrons. The van der Waals surface area contributed by atoms with Gasteiger partial charge in [0, 0.05) is 50.7 Å². The van der Waals surface area contributed by atoms with Gasteiger partial charge in [-0.25, -0.2) is 4.98 Å². The molecular formula is C26H34N4O3. The molecule has 0 atom stereocenters. The molecule has 1 aliphatic carbocycles. The SMILES string of the molecule is COCCCn1c(C)cc(=O)c(C(=O)NCCc2nc3ccccc3[nH]2)c1CC1CCCC1. The van der Waals surface area contributed by atoms with Gasteiger partial charge in [-0.2, -0.15) is 0 Å². The summed E-state index contributed by atoms with van der Waals surface area (Å²) in [5, 5.41) is 2.97. The summed E-state index contributed by atoms with van der Waals surface area (Å²) in [4.78, 5) is 34.1. The minimum Gasteiger partial charge on any atom is -0.385 e. The van der Waals surface area contributed by atoms with Gasteiger partial charge < -0.3 is 19.6 Å². The van der Waals surface area contributed by atoms with Crippen LogP contribution in [0.25, 0.3) is 11.0 Å². The summed E-state index contributed by atoms with van der Waals surface area (Å²) in [5.74, 6) is 1.06. The van der Waals surface area contributed by atoms with Crippen molar-refractivity contribution in [1.82, 2.24) is 19.9 Å². The zero-order valence-electron chi connectivity index (χ0n) is 19.7. The number of amides is 1. The maximum atomic E-state index is 13.2. The highest BCUT2D eigenvalue weighted by molar-refractivity contribution is 5.95. The van der Waals surface area contributed by atoms with E-state index < -0.39 is 0 Å². The molecule has 0 saturated heterocycles. The van der Waals surface area contributed by atoms with Crippen LogP contribution in [0.1, 0.15) is 59.7 Å². The van der Waals surface area contributed by atoms with Crippen molar-refractivity contribution < 1.29 is 9.53 Å². The van der Waals surface area contributed by atoms with Gasteiger partial charge in [0.25, 0.3) is 5.91 Å². The van der Waals surface area contributed by atoms with Gasteiger partial charge in [0.05, 0.1) is 11.0 Å². The van der Waals surface area contributed by atoms with Crippen LogP contribution in [-0.4, -0.2) is 40.7 Å². The second-order valence-electron chi connectivity index (χ2n) is 9.03. The summed E-state index contributed by atoms with van der Waals surface area (Å²) >= 11 is 0. The Morgan fingerprint density at radius 1 is 1.27 bits per heavy atom. The molecule has 1 amide bonds. The Balaban J connectivity index is 1.53. The average Bonchev–Trinajstić information content (AvgIpc) is 3.45. The minimum absolute atomic E-state index is 0.190. The Labute approximate surface area is 194 Å². The molecule has 2 aromatic heterocycles. The fourth-order valence-electron chi connectivity index (χ4n) is 4.96. The van der Waals surface area contributed by atoms with Gasteiger partial charge in [0.2, 0.25) is 0 Å². The first-order valence-corrected chi connectivity index (χ1v) is 12.0. The molecule has 1 aliphatic rings. The second-order valence-corrected chi connectivity index (χ2v) is 9.03. The monoisotopic (exact) mass is 450 g/mol. The van der Waals surface area contributed by atoms with Gasteiger partial charge in [-0.3, -0.25) is 9.59 Å². The number of benzene rings is 1. The Kier molecular flexibility index (Phi) is 7.60. The van der Waals surface area contributed by atoms with Gasteiger partial charge in [0.1, 0.15) is 11.4 Å². The molecule has 0 unspecified atom stereocenters. The normalized spacial score (nSPS) is 14.2. The zero-order chi connectivity index (χ0) is 23.2. The van der Waals surface area contributed by atoms with Crippen molar-refractivity contribution >= 4 is 16.9 Å². The Morgan fingerprint density at radius 3 is 2.82 bits per heavy atom. The van der Waals surface area contributed by atoms with Crippen LogP contribution in [0.2, 0.25) is 0 Å². The minimum atomic E-state index is -0.287. The number of fused-ring (bicyclic) bond motifs is 1. The zero-order valence-corrected chi connectivity index (χ0v) is 19.7. The third kappa shape index (κ3) is 5.53. The van der Waals surface area contributed by atoms with Crippen molar-refractivity contribution in [2.75, 3.05) is 20.3 Å². The molecule has 1 fully saturated rings. The number of pyridine rings is 1. The van der Waals surface area contributed by atoms with Crippen molar-refractivity contribution in [2.45, 2.75) is 58.4 Å². The summed E-state index contributed by atoms with van der Waals surface area (Å²) < 4.78 is 7.39. The summed E-state index contributed by atoms with van der Waals surface area (Å²) in [5.41, 5.74) is 3.79. The van der Waals surface area contributed by atoms with E-state index in [4.69, 9.17) is 4.74 Å². The van der Waals surface area contributed by atoms with E-state index in [9.17, 15) is 9.59 Å². The number of aromatic amines is 1. The van der Waals surface area contributed by atoms with Gasteiger partial charge in [-0.1, -0.05) is 37.8 Å². The summed E-state index contributed by atoms with van der Waals surface area (Å²) in [6.07, 6.45) is 6.96. The number of aryl methyl sites for hydroxylation is 1. The molecule has 1 saturated carbocycles. The van der Waals surface area contributed by atoms with Crippen LogP contribution >= 0.6 is 0 Å². The molecule has 0 radical (unpaired) electrons. The van der Waals surface area contributed by atoms with E-state index in [1.165, 1.54) is 12.8 Å². The van der Waals surface area contributed by atoms with Crippen molar-refractivity contribution in [3.8, 4) is 0 Å². The third-order valence-corrected chi connectivity index (χ3v) is 6.63. The first-order valence-electron chi connectivity index (χ1n) is 12.0. The number of ether oxygens (including phenoxy) is 1. The number of nitrogens with one attached hydrogen (secondary N) is 2. The Bertz CT molecular complexity index is 1130. The molecule has 0 bridgehead atoms. The predicted octanol–water partition coefficient (Wildman–Crippen LogP) is 3.77. The first kappa shape index (κ1) is 23.2. The van der Waals surface area contributed by atoms with E-state index in [1.807, 2.05) is 31.2 Å². The van der Waals surface area contributed by atoms with Crippen molar-refractivity contribution in [2.24, 2.45) is 5.92 Å². The van der Waals surface area contributed by atoms with Crippen LogP contribution in [0.4, 0.5) is 0 Å². The fraction of sp³-hybridized carbons (Fsp3) is 0.500. The number of para-hydroxylation sites is 2. The lowest BCUT2D eigenvalue weighted by molar-refractivity contribution is 0.0950. The molecule has 4 rings (SSSR count). The number of methoxy groups -OCH3 is 1. The van der Waals surface area contributed by atoms with Gasteiger partial charge in [-0.05, 0) is 37.8 Å². The topological polar surface area (TPSA) is 89.0 Å². The number of carbonyl (C=O) groups is 1. The number of imidazole rings is 1. The smallest absolute Gasteiger partial charge is 0.257 e. The molecule has 1 aromatic carbocycles. The summed E-state index contributed by atoms with van der Waals surface area (Å²) in [6.45, 7) is 3.75. The predicted molar refractivity (Wildman–Crippen MR) is 130 cm³/mol. The second kappa shape index (κ2) is 10.8. The van der Waals surface area contributed by atoms with Crippen LogP contribution in [0, 0.1) is 12.8 Å². The summed E-state index contributed by atoms with van der Waals surface area (Å²) in [7, 11) is 1.69. The van der Waals surface area contributed by atoms with Crippen molar-refractivity contribution in [3.63, 3.8) is 0 Å². The van der Waals surface area contributed by atoms with Crippen LogP contribution in [0.3, 0.4) is 0 Å². The lowest BCUT2D eigenvalue weighted by atomic mass is 9.96. The average molecular weight is 451 g/mol. The van der Waals surface area contributed by atoms with E-state index >= 15 is 0 Å². The fourth-order valence-corrected chi connectivity index (χ4v) is 4.96. The Hall–Kier alpha value is -2.93. The maximum absolute atomic E-state index is 13.2. The highest BCUT2D eigenvalue weighted by atomic mass is 16.5. The van der Waals surface area contributed by atoms with E-state index in [-0.39, 0.29) is 11.3 Å². The van der Waals surface area contributed by atoms with Gasteiger partial charge >= 0.3 is 0 Å². The number of nitrogens with zero attached hydrogens (tertiary/aromatic N) is 2.